The van der Waals surface area contributed by atoms with Crippen molar-refractivity contribution in [3.05, 3.63) is 46.8 Å². The van der Waals surface area contributed by atoms with Crippen LogP contribution in [-0.4, -0.2) is 43.4 Å². The van der Waals surface area contributed by atoms with Crippen molar-refractivity contribution in [3.63, 3.8) is 0 Å². The minimum atomic E-state index is -0.916. The van der Waals surface area contributed by atoms with Crippen molar-refractivity contribution in [3.8, 4) is 5.75 Å². The largest absolute Gasteiger partial charge is 0.489 e. The molecule has 0 saturated heterocycles. The van der Waals surface area contributed by atoms with Crippen LogP contribution in [0.15, 0.2) is 28.8 Å². The average molecular weight is 376 g/mol. The van der Waals surface area contributed by atoms with E-state index in [2.05, 4.69) is 10.5 Å². The summed E-state index contributed by atoms with van der Waals surface area (Å²) in [6.45, 7) is 6.17. The van der Waals surface area contributed by atoms with E-state index in [1.54, 1.807) is 24.3 Å². The molecule has 1 amide bonds. The molecule has 1 aromatic heterocycles. The summed E-state index contributed by atoms with van der Waals surface area (Å²) >= 11 is 0. The zero-order valence-corrected chi connectivity index (χ0v) is 15.9. The molecule has 1 aromatic carbocycles. The predicted molar refractivity (Wildman–Crippen MR) is 96.5 cm³/mol. The fraction of sp³-hybridized carbons (Fsp3) is 0.421. The highest BCUT2D eigenvalue weighted by Gasteiger charge is 2.19. The van der Waals surface area contributed by atoms with E-state index in [0.29, 0.717) is 30.2 Å². The Bertz CT molecular complexity index is 767. The zero-order valence-electron chi connectivity index (χ0n) is 15.9. The Hall–Kier alpha value is -2.87. The molecule has 1 N–H and O–H groups in total. The van der Waals surface area contributed by atoms with E-state index in [9.17, 15) is 9.59 Å². The maximum Gasteiger partial charge on any atom is 0.339 e. The zero-order chi connectivity index (χ0) is 19.8. The third-order valence-electron chi connectivity index (χ3n) is 3.89. The van der Waals surface area contributed by atoms with Crippen LogP contribution in [0, 0.1) is 13.8 Å². The van der Waals surface area contributed by atoms with Crippen molar-refractivity contribution in [1.82, 2.24) is 10.5 Å². The molecule has 0 fully saturated rings. The van der Waals surface area contributed by atoms with Crippen molar-refractivity contribution in [2.75, 3.05) is 20.3 Å². The van der Waals surface area contributed by atoms with Crippen molar-refractivity contribution in [2.24, 2.45) is 0 Å². The van der Waals surface area contributed by atoms with Gasteiger partial charge in [0.15, 0.2) is 6.10 Å². The molecule has 2 aromatic rings. The number of esters is 1. The number of benzene rings is 1. The van der Waals surface area contributed by atoms with Gasteiger partial charge in [0.2, 0.25) is 0 Å². The van der Waals surface area contributed by atoms with Crippen LogP contribution in [0.3, 0.4) is 0 Å². The number of methoxy groups -OCH3 is 1. The van der Waals surface area contributed by atoms with Gasteiger partial charge in [-0.15, -0.1) is 0 Å². The highest BCUT2D eigenvalue weighted by molar-refractivity contribution is 5.92. The number of nitrogens with one attached hydrogen (secondary N) is 1. The van der Waals surface area contributed by atoms with Gasteiger partial charge in [-0.1, -0.05) is 11.2 Å². The normalized spacial score (nSPS) is 11.7. The van der Waals surface area contributed by atoms with Crippen LogP contribution in [0.5, 0.6) is 5.75 Å². The summed E-state index contributed by atoms with van der Waals surface area (Å²) < 4.78 is 20.9. The Morgan fingerprint density at radius 1 is 1.30 bits per heavy atom. The average Bonchev–Trinajstić information content (AvgIpc) is 2.98. The van der Waals surface area contributed by atoms with Gasteiger partial charge in [-0.3, -0.25) is 4.79 Å². The van der Waals surface area contributed by atoms with Crippen LogP contribution in [-0.2, 0) is 20.9 Å². The number of ether oxygens (including phenoxy) is 3. The fourth-order valence-corrected chi connectivity index (χ4v) is 2.28. The number of rotatable bonds is 9. The summed E-state index contributed by atoms with van der Waals surface area (Å²) in [6.07, 6.45) is -0.916. The highest BCUT2D eigenvalue weighted by Crippen LogP contribution is 2.19. The Morgan fingerprint density at radius 2 is 2.07 bits per heavy atom. The van der Waals surface area contributed by atoms with E-state index in [-0.39, 0.29) is 12.5 Å². The van der Waals surface area contributed by atoms with Gasteiger partial charge in [-0.05, 0) is 39.0 Å². The molecule has 146 valence electrons. The number of amides is 1. The maximum absolute atomic E-state index is 12.3. The van der Waals surface area contributed by atoms with Gasteiger partial charge in [0, 0.05) is 13.7 Å². The molecule has 2 rings (SSSR count). The first-order valence-electron chi connectivity index (χ1n) is 8.54. The summed E-state index contributed by atoms with van der Waals surface area (Å²) in [5.41, 5.74) is 1.92. The smallest absolute Gasteiger partial charge is 0.339 e. The van der Waals surface area contributed by atoms with Crippen molar-refractivity contribution in [1.29, 1.82) is 0 Å². The molecule has 1 atom stereocenters. The van der Waals surface area contributed by atoms with Gasteiger partial charge in [0.05, 0.1) is 23.4 Å². The van der Waals surface area contributed by atoms with E-state index >= 15 is 0 Å². The summed E-state index contributed by atoms with van der Waals surface area (Å²) in [5.74, 6) is 0.205. The number of hydrogen-bond acceptors (Lipinski definition) is 7. The monoisotopic (exact) mass is 376 g/mol. The van der Waals surface area contributed by atoms with Crippen LogP contribution in [0.2, 0.25) is 0 Å². The number of carbonyl (C=O) groups is 2. The minimum absolute atomic E-state index is 0.276. The molecule has 0 unspecified atom stereocenters. The topological polar surface area (TPSA) is 99.9 Å². The van der Waals surface area contributed by atoms with Gasteiger partial charge in [-0.2, -0.15) is 0 Å². The van der Waals surface area contributed by atoms with Gasteiger partial charge < -0.3 is 24.1 Å². The summed E-state index contributed by atoms with van der Waals surface area (Å²) in [4.78, 5) is 24.1. The second kappa shape index (κ2) is 9.72. The Labute approximate surface area is 157 Å². The minimum Gasteiger partial charge on any atom is -0.489 e. The molecule has 0 radical (unpaired) electrons. The Balaban J connectivity index is 1.93. The van der Waals surface area contributed by atoms with Crippen LogP contribution in [0.25, 0.3) is 0 Å². The van der Waals surface area contributed by atoms with Crippen LogP contribution >= 0.6 is 0 Å². The van der Waals surface area contributed by atoms with Crippen LogP contribution in [0.4, 0.5) is 0 Å². The van der Waals surface area contributed by atoms with E-state index in [4.69, 9.17) is 18.7 Å². The third-order valence-corrected chi connectivity index (χ3v) is 3.89. The van der Waals surface area contributed by atoms with Crippen molar-refractivity contribution in [2.45, 2.75) is 33.5 Å². The van der Waals surface area contributed by atoms with E-state index in [1.165, 1.54) is 14.0 Å². The SMILES string of the molecule is COCCNC(=O)[C@H](C)OC(=O)c1cccc(OCc2c(C)noc2C)c1. The second-order valence-corrected chi connectivity index (χ2v) is 5.95. The van der Waals surface area contributed by atoms with E-state index < -0.39 is 12.1 Å². The van der Waals surface area contributed by atoms with E-state index in [0.717, 1.165) is 11.3 Å². The standard InChI is InChI=1S/C19H24N2O6/c1-12-17(13(2)27-21-12)11-25-16-7-5-6-15(10-16)19(23)26-14(3)18(22)20-8-9-24-4/h5-7,10,14H,8-9,11H2,1-4H3,(H,20,22)/t14-/m0/s1. The van der Waals surface area contributed by atoms with Gasteiger partial charge in [0.25, 0.3) is 5.91 Å². The van der Waals surface area contributed by atoms with Gasteiger partial charge >= 0.3 is 5.97 Å². The van der Waals surface area contributed by atoms with Crippen LogP contribution in [0.1, 0.15) is 34.3 Å². The van der Waals surface area contributed by atoms with Gasteiger partial charge in [-0.25, -0.2) is 4.79 Å². The number of aryl methyl sites for hydroxylation is 2. The highest BCUT2D eigenvalue weighted by atomic mass is 16.5. The lowest BCUT2D eigenvalue weighted by Crippen LogP contribution is -2.37. The summed E-state index contributed by atoms with van der Waals surface area (Å²) in [5, 5.41) is 6.49. The predicted octanol–water partition coefficient (Wildman–Crippen LogP) is 2.18. The molecule has 0 spiro atoms. The molecule has 0 saturated carbocycles. The molecule has 0 bridgehead atoms. The first-order chi connectivity index (χ1) is 12.9. The first-order valence-corrected chi connectivity index (χ1v) is 8.54. The fourth-order valence-electron chi connectivity index (χ4n) is 2.28. The lowest BCUT2D eigenvalue weighted by atomic mass is 10.2. The van der Waals surface area contributed by atoms with Crippen molar-refractivity contribution >= 4 is 11.9 Å². The first kappa shape index (κ1) is 20.4. The molecule has 0 aliphatic carbocycles. The Morgan fingerprint density at radius 3 is 2.74 bits per heavy atom. The molecule has 0 aliphatic rings. The molecule has 8 heteroatoms. The lowest BCUT2D eigenvalue weighted by molar-refractivity contribution is -0.129. The molecular formula is C19H24N2O6. The molecule has 8 nitrogen and oxygen atoms in total. The molecule has 0 aliphatic heterocycles. The van der Waals surface area contributed by atoms with Gasteiger partial charge in [0.1, 0.15) is 18.1 Å². The number of nitrogens with zero attached hydrogens (tertiary/aromatic N) is 1. The second-order valence-electron chi connectivity index (χ2n) is 5.95. The number of carbonyl (C=O) groups excluding carboxylic acids is 2. The molecular weight excluding hydrogens is 352 g/mol. The Kier molecular flexibility index (Phi) is 7.36. The van der Waals surface area contributed by atoms with Crippen molar-refractivity contribution < 1.29 is 28.3 Å². The van der Waals surface area contributed by atoms with Crippen LogP contribution < -0.4 is 10.1 Å². The maximum atomic E-state index is 12.3. The third kappa shape index (κ3) is 5.82. The molecule has 27 heavy (non-hydrogen) atoms. The number of aromatic nitrogens is 1. The summed E-state index contributed by atoms with van der Waals surface area (Å²) in [6, 6.07) is 6.58. The summed E-state index contributed by atoms with van der Waals surface area (Å²) in [7, 11) is 1.54. The lowest BCUT2D eigenvalue weighted by Gasteiger charge is -2.14. The number of hydrogen-bond donors (Lipinski definition) is 1. The quantitative estimate of drug-likeness (QED) is 0.529. The van der Waals surface area contributed by atoms with E-state index in [1.807, 2.05) is 13.8 Å². The molecule has 1 heterocycles.